The number of nitrogens with one attached hydrogen (secondary N) is 1. The van der Waals surface area contributed by atoms with Crippen LogP contribution in [0.25, 0.3) is 0 Å². The Hall–Kier alpha value is -2.08. The highest BCUT2D eigenvalue weighted by molar-refractivity contribution is 5.90. The van der Waals surface area contributed by atoms with Gasteiger partial charge in [0, 0.05) is 25.9 Å². The van der Waals surface area contributed by atoms with E-state index in [0.717, 1.165) is 5.56 Å². The van der Waals surface area contributed by atoms with E-state index in [9.17, 15) is 9.59 Å². The number of anilines is 1. The number of carbonyl (C=O) groups is 2. The van der Waals surface area contributed by atoms with E-state index in [1.807, 2.05) is 45.0 Å². The minimum atomic E-state index is -0.529. The average Bonchev–Trinajstić information content (AvgIpc) is 2.50. The lowest BCUT2D eigenvalue weighted by Crippen LogP contribution is -2.33. The molecule has 0 aliphatic rings. The Labute approximate surface area is 156 Å². The molecule has 6 heteroatoms. The largest absolute Gasteiger partial charge is 0.444 e. The topological polar surface area (TPSA) is 67.9 Å². The summed E-state index contributed by atoms with van der Waals surface area (Å²) < 4.78 is 10.8. The van der Waals surface area contributed by atoms with E-state index in [0.29, 0.717) is 37.8 Å². The normalized spacial score (nSPS) is 11.3. The fourth-order valence-electron chi connectivity index (χ4n) is 2.13. The molecule has 0 aliphatic heterocycles. The van der Waals surface area contributed by atoms with Gasteiger partial charge in [0.05, 0.1) is 13.0 Å². The first kappa shape index (κ1) is 22.0. The lowest BCUT2D eigenvalue weighted by molar-refractivity contribution is -0.117. The minimum absolute atomic E-state index is 0.0913. The van der Waals surface area contributed by atoms with Crippen molar-refractivity contribution in [2.45, 2.75) is 53.2 Å². The second kappa shape index (κ2) is 10.2. The van der Waals surface area contributed by atoms with Gasteiger partial charge in [0.1, 0.15) is 5.60 Å². The van der Waals surface area contributed by atoms with Crippen LogP contribution in [0.1, 0.15) is 46.6 Å². The fourth-order valence-corrected chi connectivity index (χ4v) is 2.13. The Kier molecular flexibility index (Phi) is 8.58. The number of hydrogen-bond acceptors (Lipinski definition) is 4. The molecule has 2 amide bonds. The molecule has 0 saturated carbocycles. The van der Waals surface area contributed by atoms with E-state index in [-0.39, 0.29) is 12.0 Å². The van der Waals surface area contributed by atoms with Gasteiger partial charge in [0.15, 0.2) is 0 Å². The summed E-state index contributed by atoms with van der Waals surface area (Å²) in [5.74, 6) is 0.364. The molecule has 0 unspecified atom stereocenters. The minimum Gasteiger partial charge on any atom is -0.444 e. The summed E-state index contributed by atoms with van der Waals surface area (Å²) in [6.07, 6.45) is -0.0661. The molecule has 0 fully saturated rings. The van der Waals surface area contributed by atoms with E-state index in [2.05, 4.69) is 19.2 Å². The molecule has 1 aromatic rings. The van der Waals surface area contributed by atoms with E-state index in [4.69, 9.17) is 9.47 Å². The summed E-state index contributed by atoms with van der Waals surface area (Å²) >= 11 is 0. The third-order valence-corrected chi connectivity index (χ3v) is 3.26. The zero-order valence-electron chi connectivity index (χ0n) is 16.8. The van der Waals surface area contributed by atoms with Gasteiger partial charge < -0.3 is 19.7 Å². The molecule has 1 rings (SSSR count). The number of benzene rings is 1. The van der Waals surface area contributed by atoms with E-state index >= 15 is 0 Å². The van der Waals surface area contributed by atoms with Gasteiger partial charge in [0.25, 0.3) is 0 Å². The Bertz CT molecular complexity index is 594. The molecular formula is C20H32N2O4. The smallest absolute Gasteiger partial charge is 0.410 e. The fraction of sp³-hybridized carbons (Fsp3) is 0.600. The van der Waals surface area contributed by atoms with Crippen LogP contribution in [0.3, 0.4) is 0 Å². The summed E-state index contributed by atoms with van der Waals surface area (Å²) in [6, 6.07) is 7.43. The van der Waals surface area contributed by atoms with Crippen LogP contribution in [0.2, 0.25) is 0 Å². The molecule has 0 spiro atoms. The molecule has 0 aromatic heterocycles. The van der Waals surface area contributed by atoms with Crippen LogP contribution in [0.4, 0.5) is 10.5 Å². The van der Waals surface area contributed by atoms with Crippen molar-refractivity contribution >= 4 is 17.7 Å². The van der Waals surface area contributed by atoms with Crippen molar-refractivity contribution in [3.8, 4) is 0 Å². The summed E-state index contributed by atoms with van der Waals surface area (Å²) in [4.78, 5) is 25.5. The van der Waals surface area contributed by atoms with Crippen LogP contribution in [-0.4, -0.2) is 42.8 Å². The monoisotopic (exact) mass is 364 g/mol. The van der Waals surface area contributed by atoms with Gasteiger partial charge in [-0.3, -0.25) is 4.79 Å². The third kappa shape index (κ3) is 9.42. The van der Waals surface area contributed by atoms with Crippen molar-refractivity contribution < 1.29 is 19.1 Å². The maximum absolute atomic E-state index is 12.0. The van der Waals surface area contributed by atoms with Gasteiger partial charge in [0.2, 0.25) is 5.91 Å². The Balaban J connectivity index is 2.51. The third-order valence-electron chi connectivity index (χ3n) is 3.26. The molecule has 0 atom stereocenters. The second-order valence-corrected chi connectivity index (χ2v) is 7.80. The van der Waals surface area contributed by atoms with E-state index < -0.39 is 5.60 Å². The molecule has 0 radical (unpaired) electrons. The van der Waals surface area contributed by atoms with Crippen LogP contribution < -0.4 is 5.32 Å². The summed E-state index contributed by atoms with van der Waals surface area (Å²) in [7, 11) is 1.69. The number of hydrogen-bond donors (Lipinski definition) is 1. The molecule has 6 nitrogen and oxygen atoms in total. The zero-order chi connectivity index (χ0) is 19.7. The molecule has 0 aliphatic carbocycles. The highest BCUT2D eigenvalue weighted by Gasteiger charge is 2.19. The van der Waals surface area contributed by atoms with Gasteiger partial charge in [-0.2, -0.15) is 0 Å². The zero-order valence-corrected chi connectivity index (χ0v) is 16.8. The molecule has 0 heterocycles. The average molecular weight is 364 g/mol. The number of ether oxygens (including phenoxy) is 2. The Morgan fingerprint density at radius 1 is 1.23 bits per heavy atom. The molecule has 1 aromatic carbocycles. The van der Waals surface area contributed by atoms with Crippen LogP contribution >= 0.6 is 0 Å². The molecule has 146 valence electrons. The van der Waals surface area contributed by atoms with Crippen LogP contribution in [-0.2, 0) is 20.8 Å². The number of rotatable bonds is 8. The van der Waals surface area contributed by atoms with Crippen molar-refractivity contribution in [3.63, 3.8) is 0 Å². The molecule has 0 bridgehead atoms. The van der Waals surface area contributed by atoms with Crippen molar-refractivity contribution in [2.24, 2.45) is 5.92 Å². The first-order chi connectivity index (χ1) is 12.1. The van der Waals surface area contributed by atoms with E-state index in [1.54, 1.807) is 7.05 Å². The number of carbonyl (C=O) groups excluding carboxylic acids is 2. The standard InChI is InChI=1S/C20H32N2O4/c1-15(2)14-25-11-10-18(23)21-17-9-7-8-16(12-17)13-22(6)19(24)26-20(3,4)5/h7-9,12,15H,10-11,13-14H2,1-6H3,(H,21,23). The second-order valence-electron chi connectivity index (χ2n) is 7.80. The van der Waals surface area contributed by atoms with Gasteiger partial charge in [-0.15, -0.1) is 0 Å². The van der Waals surface area contributed by atoms with Gasteiger partial charge >= 0.3 is 6.09 Å². The predicted molar refractivity (Wildman–Crippen MR) is 103 cm³/mol. The molecule has 0 saturated heterocycles. The van der Waals surface area contributed by atoms with Crippen molar-refractivity contribution in [2.75, 3.05) is 25.6 Å². The molecule has 26 heavy (non-hydrogen) atoms. The predicted octanol–water partition coefficient (Wildman–Crippen LogP) is 4.05. The van der Waals surface area contributed by atoms with E-state index in [1.165, 1.54) is 4.90 Å². The summed E-state index contributed by atoms with van der Waals surface area (Å²) in [5.41, 5.74) is 1.08. The highest BCUT2D eigenvalue weighted by atomic mass is 16.6. The lowest BCUT2D eigenvalue weighted by atomic mass is 10.2. The maximum atomic E-state index is 12.0. The van der Waals surface area contributed by atoms with Gasteiger partial charge in [-0.25, -0.2) is 4.79 Å². The van der Waals surface area contributed by atoms with Crippen LogP contribution in [0, 0.1) is 5.92 Å². The first-order valence-electron chi connectivity index (χ1n) is 8.97. The maximum Gasteiger partial charge on any atom is 0.410 e. The highest BCUT2D eigenvalue weighted by Crippen LogP contribution is 2.15. The summed E-state index contributed by atoms with van der Waals surface area (Å²) in [5, 5.41) is 2.86. The SMILES string of the molecule is CC(C)COCCC(=O)Nc1cccc(CN(C)C(=O)OC(C)(C)C)c1. The number of nitrogens with zero attached hydrogens (tertiary/aromatic N) is 1. The van der Waals surface area contributed by atoms with Crippen molar-refractivity contribution in [3.05, 3.63) is 29.8 Å². The Morgan fingerprint density at radius 3 is 2.54 bits per heavy atom. The quantitative estimate of drug-likeness (QED) is 0.707. The van der Waals surface area contributed by atoms with Gasteiger partial charge in [-0.05, 0) is 44.4 Å². The molecule has 1 N–H and O–H groups in total. The lowest BCUT2D eigenvalue weighted by Gasteiger charge is -2.24. The van der Waals surface area contributed by atoms with Crippen LogP contribution in [0.15, 0.2) is 24.3 Å². The van der Waals surface area contributed by atoms with Crippen LogP contribution in [0.5, 0.6) is 0 Å². The van der Waals surface area contributed by atoms with Crippen molar-refractivity contribution in [1.82, 2.24) is 4.90 Å². The first-order valence-corrected chi connectivity index (χ1v) is 8.97. The van der Waals surface area contributed by atoms with Gasteiger partial charge in [-0.1, -0.05) is 26.0 Å². The Morgan fingerprint density at radius 2 is 1.92 bits per heavy atom. The number of amides is 2. The molecular weight excluding hydrogens is 332 g/mol. The van der Waals surface area contributed by atoms with Crippen molar-refractivity contribution in [1.29, 1.82) is 0 Å². The summed E-state index contributed by atoms with van der Waals surface area (Å²) in [6.45, 7) is 11.1.